The van der Waals surface area contributed by atoms with Crippen LogP contribution in [0.15, 0.2) is 0 Å². The van der Waals surface area contributed by atoms with Crippen molar-refractivity contribution in [2.45, 2.75) is 401 Å². The van der Waals surface area contributed by atoms with Crippen molar-refractivity contribution in [3.8, 4) is 0 Å². The SMILES string of the molecule is CCC(C)CCCCCCCCCCCCC(=O)O[C@H](COC(=O)CCCCCCCCCC(C)C)COP(=O)(O)OCC(O)COP(=O)(O)OC[C@@H](COC(=O)CCCCCCCCCCCCCCCC(C)C)OC(=O)CCCCCCCCCCCCCCC(C)C. The molecule has 0 bridgehead atoms. The van der Waals surface area contributed by atoms with Gasteiger partial charge in [0, 0.05) is 25.7 Å². The van der Waals surface area contributed by atoms with E-state index >= 15 is 0 Å². The number of phosphoric ester groups is 2. The van der Waals surface area contributed by atoms with E-state index in [-0.39, 0.29) is 25.7 Å². The fourth-order valence-electron chi connectivity index (χ4n) is 11.5. The summed E-state index contributed by atoms with van der Waals surface area (Å²) in [7, 11) is -9.91. The Bertz CT molecular complexity index is 1870. The number of aliphatic hydroxyl groups is 1. The molecule has 0 aliphatic heterocycles. The first-order valence-corrected chi connectivity index (χ1v) is 42.2. The molecule has 0 aliphatic rings. The van der Waals surface area contributed by atoms with E-state index in [2.05, 4.69) is 55.4 Å². The molecule has 4 unspecified atom stereocenters. The van der Waals surface area contributed by atoms with E-state index in [9.17, 15) is 43.2 Å². The van der Waals surface area contributed by atoms with Gasteiger partial charge in [0.05, 0.1) is 26.4 Å². The first-order chi connectivity index (χ1) is 45.6. The Labute approximate surface area is 581 Å². The van der Waals surface area contributed by atoms with Crippen molar-refractivity contribution < 1.29 is 80.2 Å². The predicted molar refractivity (Wildman–Crippen MR) is 386 cm³/mol. The number of carbonyl (C=O) groups is 4. The van der Waals surface area contributed by atoms with Gasteiger partial charge >= 0.3 is 39.5 Å². The second-order valence-corrected chi connectivity index (χ2v) is 32.0. The fourth-order valence-corrected chi connectivity index (χ4v) is 13.1. The Morgan fingerprint density at radius 3 is 0.747 bits per heavy atom. The number of hydrogen-bond acceptors (Lipinski definition) is 15. The van der Waals surface area contributed by atoms with Gasteiger partial charge in [-0.3, -0.25) is 37.3 Å². The molecule has 564 valence electrons. The Hall–Kier alpha value is -1.94. The summed E-state index contributed by atoms with van der Waals surface area (Å²) in [4.78, 5) is 72.8. The van der Waals surface area contributed by atoms with Gasteiger partial charge < -0.3 is 33.8 Å². The number of carbonyl (C=O) groups excluding carboxylic acids is 4. The predicted octanol–water partition coefficient (Wildman–Crippen LogP) is 22.0. The van der Waals surface area contributed by atoms with Gasteiger partial charge in [0.1, 0.15) is 19.3 Å². The van der Waals surface area contributed by atoms with Gasteiger partial charge in [0.25, 0.3) is 0 Å². The van der Waals surface area contributed by atoms with E-state index in [0.717, 1.165) is 114 Å². The molecule has 19 heteroatoms. The quantitative estimate of drug-likeness (QED) is 0.0222. The summed E-state index contributed by atoms with van der Waals surface area (Å²) < 4.78 is 68.5. The zero-order valence-corrected chi connectivity index (χ0v) is 64.1. The van der Waals surface area contributed by atoms with Crippen molar-refractivity contribution in [1.82, 2.24) is 0 Å². The van der Waals surface area contributed by atoms with E-state index in [1.807, 2.05) is 0 Å². The number of ether oxygens (including phenoxy) is 4. The molecule has 6 atom stereocenters. The first-order valence-electron chi connectivity index (χ1n) is 39.2. The van der Waals surface area contributed by atoms with Crippen LogP contribution in [0.4, 0.5) is 0 Å². The molecule has 0 aromatic rings. The topological polar surface area (TPSA) is 237 Å². The van der Waals surface area contributed by atoms with Crippen molar-refractivity contribution in [3.05, 3.63) is 0 Å². The summed E-state index contributed by atoms with van der Waals surface area (Å²) in [5, 5.41) is 10.6. The standard InChI is InChI=1S/C76H148O17P2/c1-9-69(8)55-47-39-31-23-19-20-26-34-43-51-59-76(81)93-72(63-87-74(79)57-49-41-35-27-30-38-46-54-68(6)7)65-91-95(84,85)89-61-70(77)60-88-94(82,83)90-64-71(92-75(80)58-50-42-33-25-18-14-13-16-22-29-37-45-53-67(4)5)62-86-73(78)56-48-40-32-24-17-12-10-11-15-21-28-36-44-52-66(2)3/h66-72,77H,9-65H2,1-8H3,(H,82,83)(H,84,85)/t69?,70?,71-,72-/m1/s1. The van der Waals surface area contributed by atoms with Crippen LogP contribution in [0.5, 0.6) is 0 Å². The maximum atomic E-state index is 13.1. The summed E-state index contributed by atoms with van der Waals surface area (Å²) in [6, 6.07) is 0. The highest BCUT2D eigenvalue weighted by Crippen LogP contribution is 2.45. The largest absolute Gasteiger partial charge is 0.472 e. The third-order valence-electron chi connectivity index (χ3n) is 17.9. The van der Waals surface area contributed by atoms with E-state index in [1.165, 1.54) is 180 Å². The van der Waals surface area contributed by atoms with Gasteiger partial charge in [-0.05, 0) is 49.4 Å². The molecule has 95 heavy (non-hydrogen) atoms. The Balaban J connectivity index is 5.26. The highest BCUT2D eigenvalue weighted by Gasteiger charge is 2.30. The third-order valence-corrected chi connectivity index (χ3v) is 19.8. The summed E-state index contributed by atoms with van der Waals surface area (Å²) in [5.74, 6) is 0.955. The zero-order chi connectivity index (χ0) is 70.3. The molecule has 0 heterocycles. The number of phosphoric acid groups is 2. The van der Waals surface area contributed by atoms with Crippen molar-refractivity contribution >= 4 is 39.5 Å². The number of unbranched alkanes of at least 4 members (excludes halogenated alkanes) is 38. The lowest BCUT2D eigenvalue weighted by Crippen LogP contribution is -2.30. The molecule has 0 spiro atoms. The minimum absolute atomic E-state index is 0.105. The van der Waals surface area contributed by atoms with E-state index < -0.39 is 97.5 Å². The van der Waals surface area contributed by atoms with Crippen molar-refractivity contribution in [1.29, 1.82) is 0 Å². The molecule has 0 fully saturated rings. The monoisotopic (exact) mass is 1400 g/mol. The average Bonchev–Trinajstić information content (AvgIpc) is 1.63. The molecule has 0 aromatic heterocycles. The van der Waals surface area contributed by atoms with Crippen molar-refractivity contribution in [2.75, 3.05) is 39.6 Å². The van der Waals surface area contributed by atoms with Gasteiger partial charge in [-0.25, -0.2) is 9.13 Å². The average molecular weight is 1400 g/mol. The molecular formula is C76H148O17P2. The van der Waals surface area contributed by atoms with Crippen LogP contribution in [0.3, 0.4) is 0 Å². The summed E-state index contributed by atoms with van der Waals surface area (Å²) in [5.41, 5.74) is 0. The second kappa shape index (κ2) is 65.4. The lowest BCUT2D eigenvalue weighted by atomic mass is 9.99. The van der Waals surface area contributed by atoms with Gasteiger partial charge in [0.2, 0.25) is 0 Å². The van der Waals surface area contributed by atoms with Crippen LogP contribution in [0.2, 0.25) is 0 Å². The third kappa shape index (κ3) is 69.0. The molecule has 0 aliphatic carbocycles. The molecule has 0 radical (unpaired) electrons. The minimum Gasteiger partial charge on any atom is -0.462 e. The summed E-state index contributed by atoms with van der Waals surface area (Å²) in [6.45, 7) is 14.2. The van der Waals surface area contributed by atoms with Crippen LogP contribution in [-0.4, -0.2) is 96.7 Å². The van der Waals surface area contributed by atoms with E-state index in [0.29, 0.717) is 31.6 Å². The van der Waals surface area contributed by atoms with E-state index in [4.69, 9.17) is 37.0 Å². The number of rotatable bonds is 73. The Morgan fingerprint density at radius 1 is 0.295 bits per heavy atom. The van der Waals surface area contributed by atoms with Crippen molar-refractivity contribution in [2.24, 2.45) is 23.7 Å². The van der Waals surface area contributed by atoms with Crippen LogP contribution >= 0.6 is 15.6 Å². The molecule has 0 saturated heterocycles. The first kappa shape index (κ1) is 93.1. The molecule has 3 N–H and O–H groups in total. The molecule has 0 rings (SSSR count). The lowest BCUT2D eigenvalue weighted by Gasteiger charge is -2.21. The maximum Gasteiger partial charge on any atom is 0.472 e. The number of esters is 4. The summed E-state index contributed by atoms with van der Waals surface area (Å²) in [6.07, 6.45) is 49.9. The van der Waals surface area contributed by atoms with Crippen LogP contribution < -0.4 is 0 Å². The molecule has 0 amide bonds. The van der Waals surface area contributed by atoms with Crippen LogP contribution in [0.25, 0.3) is 0 Å². The van der Waals surface area contributed by atoms with E-state index in [1.54, 1.807) is 0 Å². The van der Waals surface area contributed by atoms with Gasteiger partial charge in [-0.15, -0.1) is 0 Å². The summed E-state index contributed by atoms with van der Waals surface area (Å²) >= 11 is 0. The second-order valence-electron chi connectivity index (χ2n) is 29.1. The number of hydrogen-bond donors (Lipinski definition) is 3. The van der Waals surface area contributed by atoms with Gasteiger partial charge in [0.15, 0.2) is 12.2 Å². The molecule has 17 nitrogen and oxygen atoms in total. The molecule has 0 aromatic carbocycles. The highest BCUT2D eigenvalue weighted by molar-refractivity contribution is 7.47. The Kier molecular flexibility index (Phi) is 64.0. The van der Waals surface area contributed by atoms with Crippen LogP contribution in [-0.2, 0) is 65.4 Å². The van der Waals surface area contributed by atoms with Crippen molar-refractivity contribution in [3.63, 3.8) is 0 Å². The highest BCUT2D eigenvalue weighted by atomic mass is 31.2. The zero-order valence-electron chi connectivity index (χ0n) is 62.3. The van der Waals surface area contributed by atoms with Crippen LogP contribution in [0, 0.1) is 23.7 Å². The smallest absolute Gasteiger partial charge is 0.462 e. The Morgan fingerprint density at radius 2 is 0.505 bits per heavy atom. The van der Waals surface area contributed by atoms with Crippen LogP contribution in [0.1, 0.15) is 383 Å². The number of aliphatic hydroxyl groups excluding tert-OH is 1. The maximum absolute atomic E-state index is 13.1. The normalized spacial score (nSPS) is 14.4. The molecule has 0 saturated carbocycles. The minimum atomic E-state index is -4.96. The van der Waals surface area contributed by atoms with Gasteiger partial charge in [-0.1, -0.05) is 331 Å². The lowest BCUT2D eigenvalue weighted by molar-refractivity contribution is -0.161. The van der Waals surface area contributed by atoms with Gasteiger partial charge in [-0.2, -0.15) is 0 Å². The fraction of sp³-hybridized carbons (Fsp3) is 0.947. The molecular weight excluding hydrogens is 1250 g/mol.